The lowest BCUT2D eigenvalue weighted by Crippen LogP contribution is -2.48. The standard InChI is InChI=1S/C22H21F2N7O2/c1-32-20-19-15(13-2-3-16-17(8-13)26-6-5-25-16)4-7-31(19)29-21(28-20)27-18-9-30(12-22(18,23)24)14-10-33-11-14/h2-8,14,18H,9-12H2,1H3,(H,27,29)/t18-/m1/s1. The maximum Gasteiger partial charge on any atom is 0.281 e. The van der Waals surface area contributed by atoms with Crippen LogP contribution in [0, 0.1) is 0 Å². The SMILES string of the molecule is COc1nc(N[C@@H]2CN(C3COC3)CC2(F)F)nn2ccc(-c3ccc4nccnc4c3)c12. The second kappa shape index (κ2) is 7.56. The number of anilines is 1. The van der Waals surface area contributed by atoms with Crippen LogP contribution < -0.4 is 10.1 Å². The Labute approximate surface area is 187 Å². The normalized spacial score (nSPS) is 20.9. The molecule has 2 saturated heterocycles. The zero-order chi connectivity index (χ0) is 22.6. The quantitative estimate of drug-likeness (QED) is 0.493. The van der Waals surface area contributed by atoms with Gasteiger partial charge >= 0.3 is 0 Å². The van der Waals surface area contributed by atoms with Crippen LogP contribution in [0.1, 0.15) is 0 Å². The number of benzene rings is 1. The van der Waals surface area contributed by atoms with Crippen molar-refractivity contribution in [3.8, 4) is 17.0 Å². The van der Waals surface area contributed by atoms with Gasteiger partial charge in [-0.3, -0.25) is 14.9 Å². The molecule has 2 aliphatic rings. The lowest BCUT2D eigenvalue weighted by Gasteiger charge is -2.34. The number of aromatic nitrogens is 5. The second-order valence-electron chi connectivity index (χ2n) is 8.31. The minimum Gasteiger partial charge on any atom is -0.479 e. The van der Waals surface area contributed by atoms with E-state index in [-0.39, 0.29) is 31.0 Å². The first-order chi connectivity index (χ1) is 16.0. The van der Waals surface area contributed by atoms with Crippen molar-refractivity contribution in [3.05, 3.63) is 42.9 Å². The molecule has 0 radical (unpaired) electrons. The van der Waals surface area contributed by atoms with Crippen LogP contribution in [-0.2, 0) is 4.74 Å². The fourth-order valence-electron chi connectivity index (χ4n) is 4.39. The number of hydrogen-bond donors (Lipinski definition) is 1. The molecule has 5 heterocycles. The van der Waals surface area contributed by atoms with Gasteiger partial charge in [0.1, 0.15) is 11.6 Å². The molecule has 1 N–H and O–H groups in total. The number of alkyl halides is 2. The lowest BCUT2D eigenvalue weighted by atomic mass is 10.1. The van der Waals surface area contributed by atoms with Crippen LogP contribution >= 0.6 is 0 Å². The molecule has 2 aliphatic heterocycles. The monoisotopic (exact) mass is 453 g/mol. The van der Waals surface area contributed by atoms with Gasteiger partial charge in [-0.05, 0) is 23.8 Å². The Morgan fingerprint density at radius 1 is 1.15 bits per heavy atom. The molecule has 0 amide bonds. The van der Waals surface area contributed by atoms with Gasteiger partial charge in [-0.1, -0.05) is 6.07 Å². The van der Waals surface area contributed by atoms with E-state index in [4.69, 9.17) is 9.47 Å². The number of halogens is 2. The minimum atomic E-state index is -2.91. The molecule has 1 atom stereocenters. The molecule has 4 aromatic rings. The Balaban J connectivity index is 1.34. The van der Waals surface area contributed by atoms with Crippen molar-refractivity contribution >= 4 is 22.5 Å². The Kier molecular flexibility index (Phi) is 4.63. The molecule has 0 spiro atoms. The zero-order valence-electron chi connectivity index (χ0n) is 17.8. The summed E-state index contributed by atoms with van der Waals surface area (Å²) >= 11 is 0. The number of ether oxygens (including phenoxy) is 2. The molecule has 1 aromatic carbocycles. The van der Waals surface area contributed by atoms with Gasteiger partial charge in [0.2, 0.25) is 11.8 Å². The van der Waals surface area contributed by atoms with E-state index in [1.54, 1.807) is 28.0 Å². The number of nitrogens with one attached hydrogen (secondary N) is 1. The van der Waals surface area contributed by atoms with Crippen molar-refractivity contribution in [1.29, 1.82) is 0 Å². The topological polar surface area (TPSA) is 89.7 Å². The summed E-state index contributed by atoms with van der Waals surface area (Å²) in [5.41, 5.74) is 3.93. The van der Waals surface area contributed by atoms with Crippen molar-refractivity contribution in [2.75, 3.05) is 38.7 Å². The summed E-state index contributed by atoms with van der Waals surface area (Å²) < 4.78 is 41.6. The number of nitrogens with zero attached hydrogens (tertiary/aromatic N) is 6. The summed E-state index contributed by atoms with van der Waals surface area (Å²) in [6, 6.07) is 6.59. The van der Waals surface area contributed by atoms with E-state index in [9.17, 15) is 8.78 Å². The molecule has 11 heteroatoms. The van der Waals surface area contributed by atoms with E-state index in [2.05, 4.69) is 25.4 Å². The fourth-order valence-corrected chi connectivity index (χ4v) is 4.39. The van der Waals surface area contributed by atoms with Gasteiger partial charge in [0, 0.05) is 30.7 Å². The number of likely N-dealkylation sites (tertiary alicyclic amines) is 1. The summed E-state index contributed by atoms with van der Waals surface area (Å²) in [7, 11) is 1.50. The van der Waals surface area contributed by atoms with E-state index in [0.717, 1.165) is 22.2 Å². The van der Waals surface area contributed by atoms with Crippen LogP contribution in [0.4, 0.5) is 14.7 Å². The summed E-state index contributed by atoms with van der Waals surface area (Å²) in [6.45, 7) is 0.869. The van der Waals surface area contributed by atoms with Crippen LogP contribution in [0.2, 0.25) is 0 Å². The summed E-state index contributed by atoms with van der Waals surface area (Å²) in [4.78, 5) is 14.8. The predicted octanol–water partition coefficient (Wildman–Crippen LogP) is 2.48. The third-order valence-corrected chi connectivity index (χ3v) is 6.23. The fraction of sp³-hybridized carbons (Fsp3) is 0.364. The smallest absolute Gasteiger partial charge is 0.281 e. The summed E-state index contributed by atoms with van der Waals surface area (Å²) in [6.07, 6.45) is 5.05. The third kappa shape index (κ3) is 3.44. The summed E-state index contributed by atoms with van der Waals surface area (Å²) in [5, 5.41) is 7.27. The van der Waals surface area contributed by atoms with Gasteiger partial charge in [-0.25, -0.2) is 13.3 Å². The van der Waals surface area contributed by atoms with Gasteiger partial charge in [-0.15, -0.1) is 5.10 Å². The van der Waals surface area contributed by atoms with Gasteiger partial charge in [0.25, 0.3) is 5.92 Å². The molecule has 33 heavy (non-hydrogen) atoms. The van der Waals surface area contributed by atoms with E-state index < -0.39 is 12.0 Å². The molecule has 0 aliphatic carbocycles. The zero-order valence-corrected chi connectivity index (χ0v) is 17.8. The third-order valence-electron chi connectivity index (χ3n) is 6.23. The van der Waals surface area contributed by atoms with Crippen LogP contribution in [0.25, 0.3) is 27.7 Å². The average Bonchev–Trinajstić information content (AvgIpc) is 3.32. The molecular weight excluding hydrogens is 432 g/mol. The highest BCUT2D eigenvalue weighted by molar-refractivity contribution is 5.89. The Bertz CT molecular complexity index is 1340. The average molecular weight is 453 g/mol. The van der Waals surface area contributed by atoms with Gasteiger partial charge in [0.05, 0.1) is 43.9 Å². The Hall–Kier alpha value is -3.44. The van der Waals surface area contributed by atoms with E-state index in [1.165, 1.54) is 7.11 Å². The maximum atomic E-state index is 14.7. The highest BCUT2D eigenvalue weighted by Crippen LogP contribution is 2.35. The number of hydrogen-bond acceptors (Lipinski definition) is 8. The molecule has 6 rings (SSSR count). The first-order valence-electron chi connectivity index (χ1n) is 10.6. The minimum absolute atomic E-state index is 0.0410. The van der Waals surface area contributed by atoms with E-state index in [1.807, 2.05) is 24.3 Å². The van der Waals surface area contributed by atoms with E-state index >= 15 is 0 Å². The van der Waals surface area contributed by atoms with Crippen molar-refractivity contribution in [2.45, 2.75) is 18.0 Å². The molecule has 2 fully saturated rings. The largest absolute Gasteiger partial charge is 0.479 e. The Morgan fingerprint density at radius 2 is 1.97 bits per heavy atom. The number of fused-ring (bicyclic) bond motifs is 2. The van der Waals surface area contributed by atoms with Crippen molar-refractivity contribution in [2.24, 2.45) is 0 Å². The molecule has 0 bridgehead atoms. The number of methoxy groups -OCH3 is 1. The molecule has 170 valence electrons. The highest BCUT2D eigenvalue weighted by Gasteiger charge is 2.51. The molecule has 0 saturated carbocycles. The molecule has 0 unspecified atom stereocenters. The van der Waals surface area contributed by atoms with Crippen LogP contribution in [-0.4, -0.2) is 80.9 Å². The highest BCUT2D eigenvalue weighted by atomic mass is 19.3. The van der Waals surface area contributed by atoms with Crippen LogP contribution in [0.3, 0.4) is 0 Å². The predicted molar refractivity (Wildman–Crippen MR) is 117 cm³/mol. The molecule has 3 aromatic heterocycles. The first-order valence-corrected chi connectivity index (χ1v) is 10.6. The maximum absolute atomic E-state index is 14.7. The van der Waals surface area contributed by atoms with Gasteiger partial charge in [-0.2, -0.15) is 4.98 Å². The second-order valence-corrected chi connectivity index (χ2v) is 8.31. The Morgan fingerprint density at radius 3 is 2.73 bits per heavy atom. The van der Waals surface area contributed by atoms with Gasteiger partial charge < -0.3 is 14.8 Å². The van der Waals surface area contributed by atoms with Gasteiger partial charge in [0.15, 0.2) is 0 Å². The first kappa shape index (κ1) is 20.2. The van der Waals surface area contributed by atoms with Crippen molar-refractivity contribution in [3.63, 3.8) is 0 Å². The van der Waals surface area contributed by atoms with Crippen LogP contribution in [0.15, 0.2) is 42.9 Å². The lowest BCUT2D eigenvalue weighted by molar-refractivity contribution is -0.0711. The van der Waals surface area contributed by atoms with Crippen LogP contribution in [0.5, 0.6) is 5.88 Å². The van der Waals surface area contributed by atoms with E-state index in [0.29, 0.717) is 18.7 Å². The molecule has 9 nitrogen and oxygen atoms in total. The van der Waals surface area contributed by atoms with Crippen molar-refractivity contribution in [1.82, 2.24) is 29.5 Å². The molecular formula is C22H21F2N7O2. The number of rotatable bonds is 5. The van der Waals surface area contributed by atoms with Crippen molar-refractivity contribution < 1.29 is 18.3 Å². The summed E-state index contributed by atoms with van der Waals surface area (Å²) in [5.74, 6) is -2.53.